The van der Waals surface area contributed by atoms with Gasteiger partial charge in [-0.15, -0.1) is 10.2 Å². The van der Waals surface area contributed by atoms with Crippen LogP contribution in [0.25, 0.3) is 10.9 Å². The van der Waals surface area contributed by atoms with Crippen LogP contribution in [0.1, 0.15) is 10.4 Å². The first-order chi connectivity index (χ1) is 6.86. The highest BCUT2D eigenvalue weighted by Crippen LogP contribution is 2.33. The Bertz CT molecular complexity index is 576. The number of hydrogen-bond acceptors (Lipinski definition) is 4. The highest BCUT2D eigenvalue weighted by atomic mass is 16.2. The predicted molar refractivity (Wildman–Crippen MR) is 48.4 cm³/mol. The molecule has 0 atom stereocenters. The van der Waals surface area contributed by atoms with Crippen molar-refractivity contribution in [3.8, 4) is 0 Å². The highest BCUT2D eigenvalue weighted by molar-refractivity contribution is 6.08. The number of amides is 1. The quantitative estimate of drug-likeness (QED) is 0.627. The zero-order valence-electron chi connectivity index (χ0n) is 7.01. The van der Waals surface area contributed by atoms with E-state index in [4.69, 9.17) is 0 Å². The molecule has 0 saturated heterocycles. The monoisotopic (exact) mass is 184 g/mol. The molecule has 66 valence electrons. The van der Waals surface area contributed by atoms with E-state index < -0.39 is 0 Å². The number of benzene rings is 1. The molecule has 0 fully saturated rings. The van der Waals surface area contributed by atoms with Gasteiger partial charge in [0.2, 0.25) is 0 Å². The van der Waals surface area contributed by atoms with E-state index in [-0.39, 0.29) is 5.91 Å². The largest absolute Gasteiger partial charge is 0.297 e. The molecule has 0 unspecified atom stereocenters. The number of fused-ring (bicyclic) bond motifs is 3. The minimum absolute atomic E-state index is 0.300. The number of nitrogens with zero attached hydrogens (tertiary/aromatic N) is 4. The number of azo groups is 1. The van der Waals surface area contributed by atoms with Crippen molar-refractivity contribution in [2.45, 2.75) is 0 Å². The molecule has 0 aliphatic carbocycles. The van der Waals surface area contributed by atoms with Gasteiger partial charge in [0.05, 0.1) is 11.1 Å². The molecule has 1 aliphatic heterocycles. The summed E-state index contributed by atoms with van der Waals surface area (Å²) in [5.41, 5.74) is 1.87. The predicted octanol–water partition coefficient (Wildman–Crippen LogP) is 1.87. The van der Waals surface area contributed by atoms with Crippen molar-refractivity contribution < 1.29 is 4.79 Å². The van der Waals surface area contributed by atoms with Crippen molar-refractivity contribution in [2.24, 2.45) is 10.2 Å². The molecule has 3 rings (SSSR count). The van der Waals surface area contributed by atoms with Gasteiger partial charge in [0.25, 0.3) is 5.91 Å². The Morgan fingerprint density at radius 1 is 1.14 bits per heavy atom. The number of carbonyl (C=O) groups excluding carboxylic acids is 1. The van der Waals surface area contributed by atoms with Gasteiger partial charge in [0, 0.05) is 11.6 Å². The molecule has 0 bridgehead atoms. The minimum Gasteiger partial charge on any atom is -0.265 e. The van der Waals surface area contributed by atoms with Crippen molar-refractivity contribution in [2.75, 3.05) is 0 Å². The lowest BCUT2D eigenvalue weighted by Gasteiger charge is -1.98. The third-order valence-electron chi connectivity index (χ3n) is 2.13. The fourth-order valence-corrected chi connectivity index (χ4v) is 1.47. The summed E-state index contributed by atoms with van der Waals surface area (Å²) in [7, 11) is 0. The van der Waals surface area contributed by atoms with Crippen LogP contribution in [-0.2, 0) is 0 Å². The van der Waals surface area contributed by atoms with Gasteiger partial charge in [0.1, 0.15) is 12.0 Å². The third kappa shape index (κ3) is 0.806. The molecule has 0 saturated carbocycles. The maximum Gasteiger partial charge on any atom is 0.297 e. The average Bonchev–Trinajstić information content (AvgIpc) is 2.61. The molecule has 2 aromatic rings. The molecule has 0 N–H and O–H groups in total. The van der Waals surface area contributed by atoms with E-state index in [1.807, 2.05) is 0 Å². The van der Waals surface area contributed by atoms with Crippen LogP contribution in [0.15, 0.2) is 34.9 Å². The first-order valence-corrected chi connectivity index (χ1v) is 4.05. The molecule has 1 aliphatic rings. The maximum absolute atomic E-state index is 11.2. The summed E-state index contributed by atoms with van der Waals surface area (Å²) in [6, 6.07) is 3.46. The van der Waals surface area contributed by atoms with E-state index in [0.717, 1.165) is 10.9 Å². The zero-order chi connectivity index (χ0) is 9.54. The fourth-order valence-electron chi connectivity index (χ4n) is 1.47. The Hall–Kier alpha value is -2.17. The van der Waals surface area contributed by atoms with E-state index in [9.17, 15) is 4.79 Å². The van der Waals surface area contributed by atoms with E-state index in [1.54, 1.807) is 18.3 Å². The van der Waals surface area contributed by atoms with E-state index >= 15 is 0 Å². The van der Waals surface area contributed by atoms with Gasteiger partial charge in [0.15, 0.2) is 0 Å². The molecule has 14 heavy (non-hydrogen) atoms. The van der Waals surface area contributed by atoms with Gasteiger partial charge in [-0.1, -0.05) is 0 Å². The molecular weight excluding hydrogens is 180 g/mol. The molecule has 1 aromatic carbocycles. The maximum atomic E-state index is 11.2. The lowest BCUT2D eigenvalue weighted by Crippen LogP contribution is -1.89. The van der Waals surface area contributed by atoms with E-state index in [0.29, 0.717) is 11.3 Å². The molecule has 1 amide bonds. The number of rotatable bonds is 0. The summed E-state index contributed by atoms with van der Waals surface area (Å²) in [6.07, 6.45) is 3.10. The van der Waals surface area contributed by atoms with Gasteiger partial charge < -0.3 is 0 Å². The summed E-state index contributed by atoms with van der Waals surface area (Å²) in [4.78, 5) is 19.2. The van der Waals surface area contributed by atoms with Gasteiger partial charge >= 0.3 is 0 Å². The van der Waals surface area contributed by atoms with Crippen LogP contribution in [0.5, 0.6) is 0 Å². The van der Waals surface area contributed by atoms with Gasteiger partial charge in [-0.25, -0.2) is 9.97 Å². The fraction of sp³-hybridized carbons (Fsp3) is 0. The van der Waals surface area contributed by atoms with Crippen LogP contribution in [-0.4, -0.2) is 15.9 Å². The van der Waals surface area contributed by atoms with Gasteiger partial charge in [-0.05, 0) is 12.1 Å². The molecular formula is C9H4N4O. The summed E-state index contributed by atoms with van der Waals surface area (Å²) < 4.78 is 0. The normalized spacial score (nSPS) is 13.6. The number of hydrogen-bond donors (Lipinski definition) is 0. The van der Waals surface area contributed by atoms with E-state index in [1.165, 1.54) is 6.33 Å². The highest BCUT2D eigenvalue weighted by Gasteiger charge is 2.19. The van der Waals surface area contributed by atoms with Crippen LogP contribution in [0.4, 0.5) is 5.69 Å². The van der Waals surface area contributed by atoms with Crippen LogP contribution in [0, 0.1) is 0 Å². The Labute approximate surface area is 78.5 Å². The minimum atomic E-state index is -0.300. The van der Waals surface area contributed by atoms with Crippen LogP contribution >= 0.6 is 0 Å². The van der Waals surface area contributed by atoms with E-state index in [2.05, 4.69) is 20.2 Å². The topological polar surface area (TPSA) is 67.6 Å². The molecule has 5 heteroatoms. The lowest BCUT2D eigenvalue weighted by molar-refractivity contribution is 0.100. The second-order valence-corrected chi connectivity index (χ2v) is 2.92. The van der Waals surface area contributed by atoms with Crippen molar-refractivity contribution >= 4 is 22.5 Å². The third-order valence-corrected chi connectivity index (χ3v) is 2.13. The smallest absolute Gasteiger partial charge is 0.265 e. The first kappa shape index (κ1) is 7.25. The molecule has 1 aromatic heterocycles. The van der Waals surface area contributed by atoms with Crippen LogP contribution < -0.4 is 0 Å². The van der Waals surface area contributed by atoms with Crippen LogP contribution in [0.3, 0.4) is 0 Å². The molecule has 0 spiro atoms. The lowest BCUT2D eigenvalue weighted by atomic mass is 10.1. The summed E-state index contributed by atoms with van der Waals surface area (Å²) >= 11 is 0. The standard InChI is InChI=1S/C9H4N4O/c14-9-5-1-2-7-6(3-10-4-11-7)8(5)12-13-9/h1-4H. The SMILES string of the molecule is O=C1N=Nc2c1ccc1ncncc21. The second-order valence-electron chi connectivity index (χ2n) is 2.92. The first-order valence-electron chi connectivity index (χ1n) is 4.05. The van der Waals surface area contributed by atoms with Crippen LogP contribution in [0.2, 0.25) is 0 Å². The number of carbonyl (C=O) groups is 1. The summed E-state index contributed by atoms with van der Waals surface area (Å²) in [5, 5.41) is 8.05. The number of aromatic nitrogens is 2. The molecule has 0 radical (unpaired) electrons. The van der Waals surface area contributed by atoms with Gasteiger partial charge in [-0.2, -0.15) is 0 Å². The Kier molecular flexibility index (Phi) is 1.25. The molecule has 5 nitrogen and oxygen atoms in total. The average molecular weight is 184 g/mol. The summed E-state index contributed by atoms with van der Waals surface area (Å²) in [5.74, 6) is -0.300. The van der Waals surface area contributed by atoms with Crippen molar-refractivity contribution in [1.82, 2.24) is 9.97 Å². The van der Waals surface area contributed by atoms with Crippen molar-refractivity contribution in [3.63, 3.8) is 0 Å². The Morgan fingerprint density at radius 2 is 2.07 bits per heavy atom. The van der Waals surface area contributed by atoms with Crippen molar-refractivity contribution in [3.05, 3.63) is 30.2 Å². The summed E-state index contributed by atoms with van der Waals surface area (Å²) in [6.45, 7) is 0. The van der Waals surface area contributed by atoms with Crippen molar-refractivity contribution in [1.29, 1.82) is 0 Å². The second kappa shape index (κ2) is 2.41. The molecule has 2 heterocycles. The van der Waals surface area contributed by atoms with Gasteiger partial charge in [-0.3, -0.25) is 4.79 Å². The zero-order valence-corrected chi connectivity index (χ0v) is 7.01. The Balaban J connectivity index is 2.49. The Morgan fingerprint density at radius 3 is 3.00 bits per heavy atom.